The summed E-state index contributed by atoms with van der Waals surface area (Å²) in [6, 6.07) is 0. The summed E-state index contributed by atoms with van der Waals surface area (Å²) >= 11 is 0. The zero-order chi connectivity index (χ0) is 11.0. The van der Waals surface area contributed by atoms with Crippen LogP contribution >= 0.6 is 0 Å². The highest BCUT2D eigenvalue weighted by atomic mass is 14.4. The normalized spacial score (nSPS) is 28.7. The van der Waals surface area contributed by atoms with E-state index < -0.39 is 0 Å². The van der Waals surface area contributed by atoms with E-state index in [0.717, 1.165) is 11.8 Å². The highest BCUT2D eigenvalue weighted by molar-refractivity contribution is 4.90. The molecule has 14 heavy (non-hydrogen) atoms. The summed E-state index contributed by atoms with van der Waals surface area (Å²) in [4.78, 5) is 0. The van der Waals surface area contributed by atoms with Gasteiger partial charge in [-0.25, -0.2) is 0 Å². The molecular weight excluding hydrogens is 168 g/mol. The third-order valence-electron chi connectivity index (χ3n) is 4.04. The van der Waals surface area contributed by atoms with Crippen LogP contribution in [0.4, 0.5) is 0 Å². The van der Waals surface area contributed by atoms with Crippen molar-refractivity contribution >= 4 is 0 Å². The number of hydrogen-bond donors (Lipinski definition) is 0. The molecule has 0 aromatic carbocycles. The molecule has 1 aliphatic rings. The summed E-state index contributed by atoms with van der Waals surface area (Å²) in [6.07, 6.45) is 5.61. The van der Waals surface area contributed by atoms with E-state index in [1.165, 1.54) is 25.7 Å². The summed E-state index contributed by atoms with van der Waals surface area (Å²) in [6.45, 7) is 14.6. The third kappa shape index (κ3) is 3.00. The quantitative estimate of drug-likeness (QED) is 0.590. The van der Waals surface area contributed by atoms with Gasteiger partial charge in [0.05, 0.1) is 0 Å². The lowest BCUT2D eigenvalue weighted by Crippen LogP contribution is -2.36. The molecule has 0 radical (unpaired) electrons. The topological polar surface area (TPSA) is 0 Å². The first-order chi connectivity index (χ1) is 6.26. The van der Waals surface area contributed by atoms with Crippen LogP contribution in [0, 0.1) is 22.7 Å². The molecule has 0 spiro atoms. The molecule has 0 amide bonds. The van der Waals surface area contributed by atoms with Crippen LogP contribution < -0.4 is 0 Å². The Kier molecular flexibility index (Phi) is 3.33. The van der Waals surface area contributed by atoms with Crippen molar-refractivity contribution in [1.82, 2.24) is 0 Å². The van der Waals surface area contributed by atoms with Gasteiger partial charge in [-0.1, -0.05) is 48.0 Å². The fourth-order valence-electron chi connectivity index (χ4n) is 3.67. The Hall–Kier alpha value is 0. The average molecular weight is 196 g/mol. The van der Waals surface area contributed by atoms with Gasteiger partial charge in [-0.2, -0.15) is 0 Å². The highest BCUT2D eigenvalue weighted by Crippen LogP contribution is 2.50. The lowest BCUT2D eigenvalue weighted by molar-refractivity contribution is 0.0426. The molecular formula is C14H28. The van der Waals surface area contributed by atoms with Crippen LogP contribution in [0.2, 0.25) is 0 Å². The maximum absolute atomic E-state index is 2.45. The molecule has 84 valence electrons. The molecule has 1 saturated carbocycles. The first-order valence-corrected chi connectivity index (χ1v) is 6.26. The molecule has 0 saturated heterocycles. The monoisotopic (exact) mass is 196 g/mol. The summed E-state index contributed by atoms with van der Waals surface area (Å²) in [5.74, 6) is 1.87. The van der Waals surface area contributed by atoms with Gasteiger partial charge in [-0.3, -0.25) is 0 Å². The van der Waals surface area contributed by atoms with E-state index in [9.17, 15) is 0 Å². The standard InChI is InChI=1S/C14H28/c1-7-11(2)12-8-13(3,4)10-14(5,6)9-12/h11-12H,7-10H2,1-6H3. The van der Waals surface area contributed by atoms with Gasteiger partial charge < -0.3 is 0 Å². The van der Waals surface area contributed by atoms with Crippen molar-refractivity contribution < 1.29 is 0 Å². The van der Waals surface area contributed by atoms with Crippen LogP contribution in [0.1, 0.15) is 67.2 Å². The van der Waals surface area contributed by atoms with Gasteiger partial charge in [-0.05, 0) is 41.9 Å². The van der Waals surface area contributed by atoms with Gasteiger partial charge in [0.2, 0.25) is 0 Å². The maximum Gasteiger partial charge on any atom is -0.0346 e. The van der Waals surface area contributed by atoms with Crippen molar-refractivity contribution in [3.05, 3.63) is 0 Å². The summed E-state index contributed by atoms with van der Waals surface area (Å²) in [5.41, 5.74) is 1.13. The van der Waals surface area contributed by atoms with E-state index in [2.05, 4.69) is 41.5 Å². The largest absolute Gasteiger partial charge is 0.0651 e. The number of hydrogen-bond acceptors (Lipinski definition) is 0. The Balaban J connectivity index is 2.71. The van der Waals surface area contributed by atoms with E-state index in [1.54, 1.807) is 0 Å². The molecule has 1 atom stereocenters. The van der Waals surface area contributed by atoms with E-state index in [4.69, 9.17) is 0 Å². The fraction of sp³-hybridized carbons (Fsp3) is 1.00. The molecule has 0 bridgehead atoms. The molecule has 0 N–H and O–H groups in total. The molecule has 1 rings (SSSR count). The molecule has 0 aliphatic heterocycles. The minimum absolute atomic E-state index is 0.565. The van der Waals surface area contributed by atoms with Crippen molar-refractivity contribution in [3.63, 3.8) is 0 Å². The van der Waals surface area contributed by atoms with Gasteiger partial charge in [0, 0.05) is 0 Å². The summed E-state index contributed by atoms with van der Waals surface area (Å²) in [5, 5.41) is 0. The van der Waals surface area contributed by atoms with Crippen molar-refractivity contribution in [2.24, 2.45) is 22.7 Å². The van der Waals surface area contributed by atoms with Crippen LogP contribution in [-0.4, -0.2) is 0 Å². The van der Waals surface area contributed by atoms with Gasteiger partial charge in [0.1, 0.15) is 0 Å². The lowest BCUT2D eigenvalue weighted by Gasteiger charge is -2.46. The SMILES string of the molecule is CCC(C)C1CC(C)(C)CC(C)(C)C1. The Labute approximate surface area is 90.5 Å². The summed E-state index contributed by atoms with van der Waals surface area (Å²) in [7, 11) is 0. The second-order valence-corrected chi connectivity index (χ2v) is 7.06. The van der Waals surface area contributed by atoms with Crippen LogP contribution in [0.25, 0.3) is 0 Å². The average Bonchev–Trinajstić information content (AvgIpc) is 1.97. The van der Waals surface area contributed by atoms with Crippen LogP contribution in [0.15, 0.2) is 0 Å². The molecule has 0 aromatic heterocycles. The molecule has 0 aromatic rings. The fourth-order valence-corrected chi connectivity index (χ4v) is 3.67. The van der Waals surface area contributed by atoms with E-state index in [-0.39, 0.29) is 0 Å². The van der Waals surface area contributed by atoms with Crippen molar-refractivity contribution in [2.75, 3.05) is 0 Å². The van der Waals surface area contributed by atoms with Gasteiger partial charge >= 0.3 is 0 Å². The molecule has 1 fully saturated rings. The molecule has 1 unspecified atom stereocenters. The first kappa shape index (κ1) is 12.1. The van der Waals surface area contributed by atoms with Gasteiger partial charge in [0.15, 0.2) is 0 Å². The Bertz CT molecular complexity index is 172. The van der Waals surface area contributed by atoms with Crippen molar-refractivity contribution in [2.45, 2.75) is 67.2 Å². The zero-order valence-corrected chi connectivity index (χ0v) is 11.0. The Morgan fingerprint density at radius 1 is 1.07 bits per heavy atom. The van der Waals surface area contributed by atoms with Crippen LogP contribution in [0.5, 0.6) is 0 Å². The van der Waals surface area contributed by atoms with Crippen LogP contribution in [-0.2, 0) is 0 Å². The molecule has 0 nitrogen and oxygen atoms in total. The predicted octanol–water partition coefficient (Wildman–Crippen LogP) is 4.89. The lowest BCUT2D eigenvalue weighted by atomic mass is 9.59. The molecule has 1 aliphatic carbocycles. The van der Waals surface area contributed by atoms with Crippen molar-refractivity contribution in [1.29, 1.82) is 0 Å². The van der Waals surface area contributed by atoms with Gasteiger partial charge in [0.25, 0.3) is 0 Å². The predicted molar refractivity (Wildman–Crippen MR) is 64.4 cm³/mol. The molecule has 0 heterocycles. The summed E-state index contributed by atoms with van der Waals surface area (Å²) < 4.78 is 0. The Morgan fingerprint density at radius 2 is 1.50 bits per heavy atom. The highest BCUT2D eigenvalue weighted by Gasteiger charge is 2.39. The molecule has 0 heteroatoms. The van der Waals surface area contributed by atoms with Crippen LogP contribution in [0.3, 0.4) is 0 Å². The smallest absolute Gasteiger partial charge is 0.0346 e. The number of rotatable bonds is 2. The maximum atomic E-state index is 2.45. The zero-order valence-electron chi connectivity index (χ0n) is 11.0. The second kappa shape index (κ2) is 3.87. The first-order valence-electron chi connectivity index (χ1n) is 6.26. The van der Waals surface area contributed by atoms with E-state index in [1.807, 2.05) is 0 Å². The van der Waals surface area contributed by atoms with Gasteiger partial charge in [-0.15, -0.1) is 0 Å². The third-order valence-corrected chi connectivity index (χ3v) is 4.04. The minimum Gasteiger partial charge on any atom is -0.0651 e. The van der Waals surface area contributed by atoms with E-state index in [0.29, 0.717) is 10.8 Å². The Morgan fingerprint density at radius 3 is 1.86 bits per heavy atom. The second-order valence-electron chi connectivity index (χ2n) is 7.06. The van der Waals surface area contributed by atoms with E-state index >= 15 is 0 Å². The minimum atomic E-state index is 0.565. The van der Waals surface area contributed by atoms with Crippen molar-refractivity contribution in [3.8, 4) is 0 Å².